The maximum Gasteiger partial charge on any atom is 0.321 e. The Kier molecular flexibility index (Phi) is 4.69. The fourth-order valence-electron chi connectivity index (χ4n) is 2.62. The predicted molar refractivity (Wildman–Crippen MR) is 89.5 cm³/mol. The van der Waals surface area contributed by atoms with Crippen molar-refractivity contribution in [3.05, 3.63) is 29.8 Å². The van der Waals surface area contributed by atoms with Gasteiger partial charge in [-0.05, 0) is 37.8 Å². The van der Waals surface area contributed by atoms with Crippen LogP contribution in [0.4, 0.5) is 15.3 Å². The molecule has 2 fully saturated rings. The van der Waals surface area contributed by atoms with Gasteiger partial charge in [-0.3, -0.25) is 0 Å². The van der Waals surface area contributed by atoms with E-state index in [0.29, 0.717) is 32.1 Å². The van der Waals surface area contributed by atoms with E-state index in [1.807, 2.05) is 31.2 Å². The van der Waals surface area contributed by atoms with Crippen LogP contribution in [0.5, 0.6) is 0 Å². The summed E-state index contributed by atoms with van der Waals surface area (Å²) in [6.45, 7) is 5.09. The van der Waals surface area contributed by atoms with Crippen molar-refractivity contribution < 1.29 is 9.59 Å². The summed E-state index contributed by atoms with van der Waals surface area (Å²) in [6.07, 6.45) is 2.46. The van der Waals surface area contributed by atoms with E-state index in [2.05, 4.69) is 10.6 Å². The van der Waals surface area contributed by atoms with Crippen LogP contribution in [0.3, 0.4) is 0 Å². The lowest BCUT2D eigenvalue weighted by molar-refractivity contribution is 0.149. The van der Waals surface area contributed by atoms with E-state index < -0.39 is 0 Å². The van der Waals surface area contributed by atoms with Crippen LogP contribution in [-0.4, -0.2) is 54.6 Å². The second-order valence-electron chi connectivity index (χ2n) is 6.40. The SMILES string of the molecule is Cc1ccc(NC(=O)N2CCN(C(=O)NCC3CC3)CC2)cc1. The van der Waals surface area contributed by atoms with Crippen LogP contribution in [-0.2, 0) is 0 Å². The number of benzene rings is 1. The summed E-state index contributed by atoms with van der Waals surface area (Å²) < 4.78 is 0. The number of anilines is 1. The smallest absolute Gasteiger partial charge is 0.321 e. The molecule has 0 spiro atoms. The predicted octanol–water partition coefficient (Wildman–Crippen LogP) is 2.26. The zero-order valence-corrected chi connectivity index (χ0v) is 13.5. The maximum absolute atomic E-state index is 12.2. The van der Waals surface area contributed by atoms with Crippen LogP contribution in [0.15, 0.2) is 24.3 Å². The lowest BCUT2D eigenvalue weighted by Crippen LogP contribution is -2.54. The summed E-state index contributed by atoms with van der Waals surface area (Å²) in [5.74, 6) is 0.681. The molecule has 0 aromatic heterocycles. The molecule has 0 bridgehead atoms. The Morgan fingerprint density at radius 1 is 1.00 bits per heavy atom. The number of hydrogen-bond acceptors (Lipinski definition) is 2. The average molecular weight is 316 g/mol. The van der Waals surface area contributed by atoms with Gasteiger partial charge in [0, 0.05) is 38.4 Å². The Labute approximate surface area is 136 Å². The number of nitrogens with zero attached hydrogens (tertiary/aromatic N) is 2. The second-order valence-corrected chi connectivity index (χ2v) is 6.40. The Morgan fingerprint density at radius 3 is 2.13 bits per heavy atom. The molecule has 1 aliphatic carbocycles. The zero-order chi connectivity index (χ0) is 16.2. The monoisotopic (exact) mass is 316 g/mol. The van der Waals surface area contributed by atoms with Gasteiger partial charge in [0.05, 0.1) is 0 Å². The van der Waals surface area contributed by atoms with Crippen LogP contribution >= 0.6 is 0 Å². The van der Waals surface area contributed by atoms with Gasteiger partial charge in [0.15, 0.2) is 0 Å². The van der Waals surface area contributed by atoms with Crippen LogP contribution in [0, 0.1) is 12.8 Å². The molecule has 1 saturated carbocycles. The molecule has 1 aromatic carbocycles. The Balaban J connectivity index is 1.43. The highest BCUT2D eigenvalue weighted by Gasteiger charge is 2.26. The molecular formula is C17H24N4O2. The van der Waals surface area contributed by atoms with E-state index in [4.69, 9.17) is 0 Å². The average Bonchev–Trinajstić information content (AvgIpc) is 3.39. The largest absolute Gasteiger partial charge is 0.338 e. The summed E-state index contributed by atoms with van der Waals surface area (Å²) in [5.41, 5.74) is 1.96. The van der Waals surface area contributed by atoms with Crippen molar-refractivity contribution in [2.24, 2.45) is 5.92 Å². The number of piperazine rings is 1. The molecule has 1 aromatic rings. The molecule has 1 heterocycles. The first-order valence-electron chi connectivity index (χ1n) is 8.27. The Hall–Kier alpha value is -2.24. The lowest BCUT2D eigenvalue weighted by Gasteiger charge is -2.34. The number of hydrogen-bond donors (Lipinski definition) is 2. The third kappa shape index (κ3) is 4.37. The standard InChI is InChI=1S/C17H24N4O2/c1-13-2-6-15(7-3-13)19-17(23)21-10-8-20(9-11-21)16(22)18-12-14-4-5-14/h2-3,6-7,14H,4-5,8-12H2,1H3,(H,18,22)(H,19,23). The van der Waals surface area contributed by atoms with E-state index >= 15 is 0 Å². The third-order valence-electron chi connectivity index (χ3n) is 4.40. The fourth-order valence-corrected chi connectivity index (χ4v) is 2.62. The van der Waals surface area contributed by atoms with E-state index in [1.165, 1.54) is 12.8 Å². The Bertz CT molecular complexity index is 560. The minimum absolute atomic E-state index is 0.00417. The zero-order valence-electron chi connectivity index (χ0n) is 13.5. The molecule has 124 valence electrons. The summed E-state index contributed by atoms with van der Waals surface area (Å²) in [4.78, 5) is 27.8. The fraction of sp³-hybridized carbons (Fsp3) is 0.529. The molecule has 0 atom stereocenters. The molecule has 1 aliphatic heterocycles. The van der Waals surface area contributed by atoms with Crippen molar-refractivity contribution in [2.75, 3.05) is 38.0 Å². The quantitative estimate of drug-likeness (QED) is 0.898. The highest BCUT2D eigenvalue weighted by molar-refractivity contribution is 5.89. The molecule has 0 unspecified atom stereocenters. The number of rotatable bonds is 3. The maximum atomic E-state index is 12.2. The summed E-state index contributed by atoms with van der Waals surface area (Å²) in [7, 11) is 0. The van der Waals surface area contributed by atoms with Gasteiger partial charge >= 0.3 is 12.1 Å². The van der Waals surface area contributed by atoms with Crippen LogP contribution < -0.4 is 10.6 Å². The number of urea groups is 2. The van der Waals surface area contributed by atoms with Gasteiger partial charge in [-0.2, -0.15) is 0 Å². The number of carbonyl (C=O) groups is 2. The van der Waals surface area contributed by atoms with Gasteiger partial charge < -0.3 is 20.4 Å². The van der Waals surface area contributed by atoms with Gasteiger partial charge in [-0.25, -0.2) is 9.59 Å². The number of aryl methyl sites for hydroxylation is 1. The first-order valence-corrected chi connectivity index (χ1v) is 8.27. The minimum Gasteiger partial charge on any atom is -0.338 e. The van der Waals surface area contributed by atoms with E-state index in [1.54, 1.807) is 9.80 Å². The van der Waals surface area contributed by atoms with Gasteiger partial charge in [-0.15, -0.1) is 0 Å². The first kappa shape index (κ1) is 15.6. The van der Waals surface area contributed by atoms with E-state index in [9.17, 15) is 9.59 Å². The highest BCUT2D eigenvalue weighted by Crippen LogP contribution is 2.27. The number of nitrogens with one attached hydrogen (secondary N) is 2. The second kappa shape index (κ2) is 6.89. The highest BCUT2D eigenvalue weighted by atomic mass is 16.2. The molecule has 0 radical (unpaired) electrons. The van der Waals surface area contributed by atoms with Crippen molar-refractivity contribution >= 4 is 17.7 Å². The van der Waals surface area contributed by atoms with E-state index in [0.717, 1.165) is 17.8 Å². The van der Waals surface area contributed by atoms with Crippen molar-refractivity contribution in [3.63, 3.8) is 0 Å². The molecule has 2 aliphatic rings. The molecule has 4 amide bonds. The molecule has 3 rings (SSSR count). The molecule has 6 heteroatoms. The number of carbonyl (C=O) groups excluding carboxylic acids is 2. The summed E-state index contributed by atoms with van der Waals surface area (Å²) in [5, 5.41) is 5.87. The van der Waals surface area contributed by atoms with Gasteiger partial charge in [-0.1, -0.05) is 17.7 Å². The first-order chi connectivity index (χ1) is 11.1. The van der Waals surface area contributed by atoms with Crippen LogP contribution in [0.25, 0.3) is 0 Å². The third-order valence-corrected chi connectivity index (χ3v) is 4.40. The summed E-state index contributed by atoms with van der Waals surface area (Å²) >= 11 is 0. The number of amides is 4. The van der Waals surface area contributed by atoms with Crippen LogP contribution in [0.1, 0.15) is 18.4 Å². The molecular weight excluding hydrogens is 292 g/mol. The van der Waals surface area contributed by atoms with Gasteiger partial charge in [0.1, 0.15) is 0 Å². The molecule has 23 heavy (non-hydrogen) atoms. The summed E-state index contributed by atoms with van der Waals surface area (Å²) in [6, 6.07) is 7.63. The minimum atomic E-state index is -0.105. The topological polar surface area (TPSA) is 64.7 Å². The normalized spacial score (nSPS) is 17.8. The van der Waals surface area contributed by atoms with Gasteiger partial charge in [0.2, 0.25) is 0 Å². The van der Waals surface area contributed by atoms with Crippen molar-refractivity contribution in [2.45, 2.75) is 19.8 Å². The molecule has 6 nitrogen and oxygen atoms in total. The molecule has 2 N–H and O–H groups in total. The van der Waals surface area contributed by atoms with Crippen LogP contribution in [0.2, 0.25) is 0 Å². The van der Waals surface area contributed by atoms with Crippen molar-refractivity contribution in [1.82, 2.24) is 15.1 Å². The Morgan fingerprint density at radius 2 is 1.57 bits per heavy atom. The van der Waals surface area contributed by atoms with Gasteiger partial charge in [0.25, 0.3) is 0 Å². The van der Waals surface area contributed by atoms with Crippen molar-refractivity contribution in [1.29, 1.82) is 0 Å². The van der Waals surface area contributed by atoms with Crippen molar-refractivity contribution in [3.8, 4) is 0 Å². The molecule has 1 saturated heterocycles. The lowest BCUT2D eigenvalue weighted by atomic mass is 10.2. The van der Waals surface area contributed by atoms with E-state index in [-0.39, 0.29) is 12.1 Å².